The van der Waals surface area contributed by atoms with Gasteiger partial charge in [-0.2, -0.15) is 0 Å². The number of aliphatic hydroxyl groups is 1. The van der Waals surface area contributed by atoms with Crippen LogP contribution in [0.2, 0.25) is 0 Å². The van der Waals surface area contributed by atoms with Gasteiger partial charge in [0, 0.05) is 12.0 Å². The third-order valence-electron chi connectivity index (χ3n) is 5.67. The molecule has 0 aliphatic carbocycles. The number of hydrogen-bond acceptors (Lipinski definition) is 6. The number of aliphatic hydroxyl groups excluding tert-OH is 1. The first-order valence-corrected chi connectivity index (χ1v) is 10.2. The number of Topliss-reactive ketones (excluding diaryl/α,β-unsaturated/α-hetero) is 1. The van der Waals surface area contributed by atoms with Gasteiger partial charge < -0.3 is 24.8 Å². The molecule has 2 heterocycles. The first-order valence-electron chi connectivity index (χ1n) is 10.2. The first kappa shape index (κ1) is 21.0. The topological polar surface area (TPSA) is 96.2 Å². The van der Waals surface area contributed by atoms with Crippen LogP contribution in [-0.4, -0.2) is 32.8 Å². The van der Waals surface area contributed by atoms with E-state index in [-0.39, 0.29) is 41.4 Å². The highest BCUT2D eigenvalue weighted by molar-refractivity contribution is 6.05. The summed E-state index contributed by atoms with van der Waals surface area (Å²) in [4.78, 5) is 13.1. The molecule has 4 rings (SSSR count). The van der Waals surface area contributed by atoms with Crippen molar-refractivity contribution in [2.45, 2.75) is 51.4 Å². The van der Waals surface area contributed by atoms with Crippen molar-refractivity contribution in [3.63, 3.8) is 0 Å². The summed E-state index contributed by atoms with van der Waals surface area (Å²) in [5.41, 5.74) is 1.69. The number of rotatable bonds is 4. The summed E-state index contributed by atoms with van der Waals surface area (Å²) < 4.78 is 12.4. The third kappa shape index (κ3) is 3.79. The van der Waals surface area contributed by atoms with Gasteiger partial charge in [0.2, 0.25) is 0 Å². The van der Waals surface area contributed by atoms with E-state index in [9.17, 15) is 20.1 Å². The average molecular weight is 422 g/mol. The third-order valence-corrected chi connectivity index (χ3v) is 5.67. The lowest BCUT2D eigenvalue weighted by Gasteiger charge is -2.35. The van der Waals surface area contributed by atoms with E-state index in [0.29, 0.717) is 22.4 Å². The molecule has 0 bridgehead atoms. The lowest BCUT2D eigenvalue weighted by molar-refractivity contribution is 0.0835. The van der Waals surface area contributed by atoms with Crippen LogP contribution in [0.1, 0.15) is 60.3 Å². The van der Waals surface area contributed by atoms with Crippen molar-refractivity contribution in [3.8, 4) is 23.0 Å². The largest absolute Gasteiger partial charge is 0.508 e. The van der Waals surface area contributed by atoms with Crippen molar-refractivity contribution >= 4 is 11.9 Å². The Bertz CT molecular complexity index is 1090. The normalized spacial score (nSPS) is 19.6. The minimum atomic E-state index is -0.872. The van der Waals surface area contributed by atoms with Crippen LogP contribution in [0.4, 0.5) is 0 Å². The number of hydrogen-bond donors (Lipinski definition) is 3. The maximum absolute atomic E-state index is 13.1. The molecule has 2 aromatic carbocycles. The molecule has 2 aromatic rings. The van der Waals surface area contributed by atoms with Crippen LogP contribution in [0.15, 0.2) is 42.5 Å². The summed E-state index contributed by atoms with van der Waals surface area (Å²) in [7, 11) is 0. The van der Waals surface area contributed by atoms with Gasteiger partial charge in [0.05, 0.1) is 18.1 Å². The quantitative estimate of drug-likeness (QED) is 0.629. The van der Waals surface area contributed by atoms with Gasteiger partial charge in [0.15, 0.2) is 5.78 Å². The van der Waals surface area contributed by atoms with Crippen molar-refractivity contribution in [1.29, 1.82) is 0 Å². The van der Waals surface area contributed by atoms with Gasteiger partial charge in [-0.25, -0.2) is 0 Å². The SMILES string of the molecule is C=C(C)C(O)Cc1c2c(c(O)c3c1O[C@H](c1ccc(O)cc1)CC3=O)C=CC(C)(C)O2. The van der Waals surface area contributed by atoms with E-state index in [0.717, 1.165) is 5.56 Å². The number of carbonyl (C=O) groups excluding carboxylic acids is 1. The number of benzene rings is 2. The first-order chi connectivity index (χ1) is 14.6. The second-order valence-corrected chi connectivity index (χ2v) is 8.70. The number of ketones is 1. The molecule has 6 nitrogen and oxygen atoms in total. The van der Waals surface area contributed by atoms with Gasteiger partial charge in [-0.15, -0.1) is 0 Å². The van der Waals surface area contributed by atoms with Crippen LogP contribution in [0.25, 0.3) is 6.08 Å². The van der Waals surface area contributed by atoms with E-state index in [1.54, 1.807) is 25.1 Å². The monoisotopic (exact) mass is 422 g/mol. The molecule has 2 atom stereocenters. The van der Waals surface area contributed by atoms with Crippen molar-refractivity contribution in [2.24, 2.45) is 0 Å². The molecular weight excluding hydrogens is 396 g/mol. The van der Waals surface area contributed by atoms with Gasteiger partial charge in [-0.3, -0.25) is 4.79 Å². The molecule has 0 aromatic heterocycles. The Morgan fingerprint density at radius 1 is 1.23 bits per heavy atom. The zero-order chi connectivity index (χ0) is 22.5. The molecule has 0 saturated carbocycles. The Morgan fingerprint density at radius 2 is 1.90 bits per heavy atom. The van der Waals surface area contributed by atoms with Crippen LogP contribution in [0.5, 0.6) is 23.0 Å². The molecule has 31 heavy (non-hydrogen) atoms. The molecule has 0 amide bonds. The molecule has 3 N–H and O–H groups in total. The number of fused-ring (bicyclic) bond motifs is 2. The second-order valence-electron chi connectivity index (χ2n) is 8.70. The molecule has 0 spiro atoms. The lowest BCUT2D eigenvalue weighted by atomic mass is 9.87. The maximum Gasteiger partial charge on any atom is 0.174 e. The van der Waals surface area contributed by atoms with Crippen molar-refractivity contribution in [3.05, 3.63) is 64.7 Å². The maximum atomic E-state index is 13.1. The van der Waals surface area contributed by atoms with E-state index < -0.39 is 17.8 Å². The predicted octanol–water partition coefficient (Wildman–Crippen LogP) is 4.47. The molecule has 1 unspecified atom stereocenters. The smallest absolute Gasteiger partial charge is 0.174 e. The van der Waals surface area contributed by atoms with E-state index in [2.05, 4.69) is 6.58 Å². The standard InChI is InChI=1S/C25H26O6/c1-13(2)18(27)11-17-23-16(9-10-25(3,4)31-23)22(29)21-19(28)12-20(30-24(17)21)14-5-7-15(26)8-6-14/h5-10,18,20,26-27,29H,1,11-12H2,2-4H3/t18?,20-/m0/s1. The molecule has 6 heteroatoms. The van der Waals surface area contributed by atoms with Crippen molar-refractivity contribution < 1.29 is 29.6 Å². The molecular formula is C25H26O6. The number of carbonyl (C=O) groups is 1. The van der Waals surface area contributed by atoms with E-state index in [1.165, 1.54) is 12.1 Å². The molecule has 2 aliphatic rings. The van der Waals surface area contributed by atoms with Crippen LogP contribution < -0.4 is 9.47 Å². The Labute approximate surface area is 181 Å². The Balaban J connectivity index is 1.90. The zero-order valence-corrected chi connectivity index (χ0v) is 17.8. The van der Waals surface area contributed by atoms with Crippen molar-refractivity contribution in [1.82, 2.24) is 0 Å². The summed E-state index contributed by atoms with van der Waals surface area (Å²) >= 11 is 0. The Morgan fingerprint density at radius 3 is 2.55 bits per heavy atom. The van der Waals surface area contributed by atoms with Gasteiger partial charge in [0.1, 0.15) is 40.3 Å². The minimum Gasteiger partial charge on any atom is -0.508 e. The summed E-state index contributed by atoms with van der Waals surface area (Å²) in [5, 5.41) is 31.1. The van der Waals surface area contributed by atoms with E-state index in [4.69, 9.17) is 9.47 Å². The van der Waals surface area contributed by atoms with Crippen LogP contribution in [-0.2, 0) is 6.42 Å². The Kier molecular flexibility index (Phi) is 5.06. The highest BCUT2D eigenvalue weighted by Gasteiger charge is 2.38. The number of phenols is 2. The molecule has 162 valence electrons. The highest BCUT2D eigenvalue weighted by Crippen LogP contribution is 2.51. The lowest BCUT2D eigenvalue weighted by Crippen LogP contribution is -2.30. The zero-order valence-electron chi connectivity index (χ0n) is 17.8. The molecule has 0 fully saturated rings. The fraction of sp³-hybridized carbons (Fsp3) is 0.320. The molecule has 0 radical (unpaired) electrons. The summed E-state index contributed by atoms with van der Waals surface area (Å²) in [6.45, 7) is 9.31. The van der Waals surface area contributed by atoms with E-state index in [1.807, 2.05) is 19.9 Å². The van der Waals surface area contributed by atoms with Crippen LogP contribution in [0, 0.1) is 0 Å². The predicted molar refractivity (Wildman–Crippen MR) is 117 cm³/mol. The van der Waals surface area contributed by atoms with Gasteiger partial charge in [0.25, 0.3) is 0 Å². The fourth-order valence-corrected chi connectivity index (χ4v) is 3.89. The summed E-state index contributed by atoms with van der Waals surface area (Å²) in [5.74, 6) is 0.286. The second kappa shape index (κ2) is 7.46. The number of ether oxygens (including phenoxy) is 2. The number of phenolic OH excluding ortho intramolecular Hbond substituents is 2. The van der Waals surface area contributed by atoms with Gasteiger partial charge in [-0.05, 0) is 50.6 Å². The minimum absolute atomic E-state index is 0.0443. The van der Waals surface area contributed by atoms with Crippen LogP contribution >= 0.6 is 0 Å². The molecule has 2 aliphatic heterocycles. The number of aromatic hydroxyl groups is 2. The summed E-state index contributed by atoms with van der Waals surface area (Å²) in [6.07, 6.45) is 2.26. The van der Waals surface area contributed by atoms with Gasteiger partial charge >= 0.3 is 0 Å². The fourth-order valence-electron chi connectivity index (χ4n) is 3.89. The van der Waals surface area contributed by atoms with Crippen molar-refractivity contribution in [2.75, 3.05) is 0 Å². The van der Waals surface area contributed by atoms with Gasteiger partial charge in [-0.1, -0.05) is 24.3 Å². The average Bonchev–Trinajstić information content (AvgIpc) is 2.70. The Hall–Kier alpha value is -3.25. The summed E-state index contributed by atoms with van der Waals surface area (Å²) in [6, 6.07) is 6.46. The van der Waals surface area contributed by atoms with Crippen LogP contribution in [0.3, 0.4) is 0 Å². The molecule has 0 saturated heterocycles. The van der Waals surface area contributed by atoms with E-state index >= 15 is 0 Å². The highest BCUT2D eigenvalue weighted by atomic mass is 16.5.